The van der Waals surface area contributed by atoms with Crippen LogP contribution in [0.3, 0.4) is 0 Å². The summed E-state index contributed by atoms with van der Waals surface area (Å²) in [5, 5.41) is 3.46. The number of hydrogen-bond donors (Lipinski definition) is 1. The first-order valence-electron chi connectivity index (χ1n) is 4.51. The molecule has 0 amide bonds. The Hall–Kier alpha value is -0.340. The van der Waals surface area contributed by atoms with Gasteiger partial charge in [-0.25, -0.2) is 0 Å². The van der Waals surface area contributed by atoms with Crippen molar-refractivity contribution in [2.75, 3.05) is 0 Å². The van der Waals surface area contributed by atoms with Crippen LogP contribution in [0.25, 0.3) is 0 Å². The third-order valence-electron chi connectivity index (χ3n) is 1.88. The van der Waals surface area contributed by atoms with Gasteiger partial charge in [0.1, 0.15) is 0 Å². The van der Waals surface area contributed by atoms with E-state index in [0.717, 1.165) is 0 Å². The second kappa shape index (κ2) is 6.17. The molecule has 0 radical (unpaired) electrons. The molecule has 0 spiro atoms. The van der Waals surface area contributed by atoms with Gasteiger partial charge in [0, 0.05) is 12.1 Å². The van der Waals surface area contributed by atoms with E-state index in [4.69, 9.17) is 0 Å². The van der Waals surface area contributed by atoms with Crippen LogP contribution < -0.4 is 5.32 Å². The second-order valence-electron chi connectivity index (χ2n) is 3.45. The summed E-state index contributed by atoms with van der Waals surface area (Å²) < 4.78 is 0. The third kappa shape index (κ3) is 4.44. The Morgan fingerprint density at radius 2 is 1.54 bits per heavy atom. The fraction of sp³-hybridized carbons (Fsp3) is 0.455. The molecule has 1 nitrogen and oxygen atoms in total. The molecule has 0 aliphatic rings. The average Bonchev–Trinajstić information content (AvgIpc) is 2.05. The van der Waals surface area contributed by atoms with Gasteiger partial charge in [0.05, 0.1) is 0 Å². The van der Waals surface area contributed by atoms with E-state index in [0.29, 0.717) is 12.1 Å². The molecule has 0 aromatic heterocycles. The summed E-state index contributed by atoms with van der Waals surface area (Å²) >= 11 is 0. The van der Waals surface area contributed by atoms with Crippen LogP contribution in [-0.4, -0.2) is 6.04 Å². The van der Waals surface area contributed by atoms with Gasteiger partial charge in [0.25, 0.3) is 0 Å². The van der Waals surface area contributed by atoms with Gasteiger partial charge < -0.3 is 5.32 Å². The predicted molar refractivity (Wildman–Crippen MR) is 63.5 cm³/mol. The number of rotatable bonds is 3. The van der Waals surface area contributed by atoms with Crippen molar-refractivity contribution in [3.63, 3.8) is 0 Å². The SMILES string of the molecule is Br.CC(C)NC(C)c1ccccc1. The normalized spacial score (nSPS) is 12.3. The zero-order valence-corrected chi connectivity index (χ0v) is 10.2. The first-order valence-corrected chi connectivity index (χ1v) is 4.51. The van der Waals surface area contributed by atoms with E-state index in [1.807, 2.05) is 6.07 Å². The molecule has 1 atom stereocenters. The third-order valence-corrected chi connectivity index (χ3v) is 1.88. The molecule has 1 N–H and O–H groups in total. The Kier molecular flexibility index (Phi) is 6.00. The van der Waals surface area contributed by atoms with E-state index in [2.05, 4.69) is 50.4 Å². The van der Waals surface area contributed by atoms with Crippen LogP contribution >= 0.6 is 17.0 Å². The van der Waals surface area contributed by atoms with Crippen LogP contribution in [0.15, 0.2) is 30.3 Å². The number of nitrogens with one attached hydrogen (secondary N) is 1. The van der Waals surface area contributed by atoms with Gasteiger partial charge >= 0.3 is 0 Å². The van der Waals surface area contributed by atoms with Gasteiger partial charge in [-0.2, -0.15) is 0 Å². The van der Waals surface area contributed by atoms with Crippen LogP contribution in [0.4, 0.5) is 0 Å². The molecule has 1 aromatic rings. The summed E-state index contributed by atoms with van der Waals surface area (Å²) in [5.74, 6) is 0. The number of hydrogen-bond acceptors (Lipinski definition) is 1. The van der Waals surface area contributed by atoms with Crippen LogP contribution in [0.2, 0.25) is 0 Å². The summed E-state index contributed by atoms with van der Waals surface area (Å²) in [6.45, 7) is 6.52. The zero-order valence-electron chi connectivity index (χ0n) is 8.45. The molecular formula is C11H18BrN. The summed E-state index contributed by atoms with van der Waals surface area (Å²) in [7, 11) is 0. The molecule has 0 aliphatic heterocycles. The van der Waals surface area contributed by atoms with Gasteiger partial charge in [-0.15, -0.1) is 17.0 Å². The molecule has 1 rings (SSSR count). The van der Waals surface area contributed by atoms with Crippen LogP contribution in [0.5, 0.6) is 0 Å². The predicted octanol–water partition coefficient (Wildman–Crippen LogP) is 3.32. The van der Waals surface area contributed by atoms with Gasteiger partial charge in [-0.05, 0) is 12.5 Å². The molecule has 1 aromatic carbocycles. The highest BCUT2D eigenvalue weighted by Crippen LogP contribution is 2.11. The van der Waals surface area contributed by atoms with E-state index in [9.17, 15) is 0 Å². The quantitative estimate of drug-likeness (QED) is 0.860. The molecular weight excluding hydrogens is 226 g/mol. The highest BCUT2D eigenvalue weighted by atomic mass is 79.9. The molecule has 0 aliphatic carbocycles. The van der Waals surface area contributed by atoms with Crippen molar-refractivity contribution in [1.29, 1.82) is 0 Å². The monoisotopic (exact) mass is 243 g/mol. The summed E-state index contributed by atoms with van der Waals surface area (Å²) in [6, 6.07) is 11.5. The Balaban J connectivity index is 0.00000144. The number of benzene rings is 1. The molecule has 0 bridgehead atoms. The van der Waals surface area contributed by atoms with Crippen LogP contribution in [-0.2, 0) is 0 Å². The minimum Gasteiger partial charge on any atom is -0.308 e. The molecule has 0 heterocycles. The lowest BCUT2D eigenvalue weighted by atomic mass is 10.1. The highest BCUT2D eigenvalue weighted by Gasteiger charge is 2.04. The van der Waals surface area contributed by atoms with Crippen molar-refractivity contribution < 1.29 is 0 Å². The molecule has 2 heteroatoms. The Morgan fingerprint density at radius 3 is 2.00 bits per heavy atom. The highest BCUT2D eigenvalue weighted by molar-refractivity contribution is 8.93. The fourth-order valence-electron chi connectivity index (χ4n) is 1.34. The summed E-state index contributed by atoms with van der Waals surface area (Å²) in [4.78, 5) is 0. The van der Waals surface area contributed by atoms with E-state index in [1.54, 1.807) is 0 Å². The maximum Gasteiger partial charge on any atom is 0.0294 e. The first-order chi connectivity index (χ1) is 5.70. The topological polar surface area (TPSA) is 12.0 Å². The minimum atomic E-state index is 0. The maximum atomic E-state index is 3.46. The molecule has 1 unspecified atom stereocenters. The van der Waals surface area contributed by atoms with E-state index < -0.39 is 0 Å². The van der Waals surface area contributed by atoms with E-state index >= 15 is 0 Å². The van der Waals surface area contributed by atoms with Gasteiger partial charge in [-0.3, -0.25) is 0 Å². The molecule has 0 saturated carbocycles. The van der Waals surface area contributed by atoms with E-state index in [-0.39, 0.29) is 17.0 Å². The second-order valence-corrected chi connectivity index (χ2v) is 3.45. The lowest BCUT2D eigenvalue weighted by Crippen LogP contribution is -2.25. The summed E-state index contributed by atoms with van der Waals surface area (Å²) in [6.07, 6.45) is 0. The van der Waals surface area contributed by atoms with Crippen molar-refractivity contribution in [2.45, 2.75) is 32.9 Å². The van der Waals surface area contributed by atoms with Crippen LogP contribution in [0.1, 0.15) is 32.4 Å². The minimum absolute atomic E-state index is 0. The standard InChI is InChI=1S/C11H17N.BrH/c1-9(2)12-10(3)11-7-5-4-6-8-11;/h4-10,12H,1-3H3;1H. The van der Waals surface area contributed by atoms with Gasteiger partial charge in [-0.1, -0.05) is 44.2 Å². The van der Waals surface area contributed by atoms with Crippen molar-refractivity contribution in [2.24, 2.45) is 0 Å². The van der Waals surface area contributed by atoms with Crippen molar-refractivity contribution >= 4 is 17.0 Å². The van der Waals surface area contributed by atoms with Crippen molar-refractivity contribution in [1.82, 2.24) is 5.32 Å². The fourth-order valence-corrected chi connectivity index (χ4v) is 1.34. The van der Waals surface area contributed by atoms with Crippen molar-refractivity contribution in [3.8, 4) is 0 Å². The Morgan fingerprint density at radius 1 is 1.00 bits per heavy atom. The van der Waals surface area contributed by atoms with Gasteiger partial charge in [0.2, 0.25) is 0 Å². The Labute approximate surface area is 91.3 Å². The zero-order chi connectivity index (χ0) is 8.97. The largest absolute Gasteiger partial charge is 0.308 e. The van der Waals surface area contributed by atoms with E-state index in [1.165, 1.54) is 5.56 Å². The van der Waals surface area contributed by atoms with Crippen molar-refractivity contribution in [3.05, 3.63) is 35.9 Å². The summed E-state index contributed by atoms with van der Waals surface area (Å²) in [5.41, 5.74) is 1.35. The first kappa shape index (κ1) is 12.7. The lowest BCUT2D eigenvalue weighted by Gasteiger charge is -2.16. The lowest BCUT2D eigenvalue weighted by molar-refractivity contribution is 0.506. The molecule has 13 heavy (non-hydrogen) atoms. The molecule has 0 fully saturated rings. The maximum absolute atomic E-state index is 3.46. The smallest absolute Gasteiger partial charge is 0.0294 e. The number of halogens is 1. The molecule has 0 saturated heterocycles. The van der Waals surface area contributed by atoms with Gasteiger partial charge in [0.15, 0.2) is 0 Å². The average molecular weight is 244 g/mol. The Bertz CT molecular complexity index is 221. The van der Waals surface area contributed by atoms with Crippen LogP contribution in [0, 0.1) is 0 Å². The molecule has 74 valence electrons.